The van der Waals surface area contributed by atoms with Crippen molar-refractivity contribution < 1.29 is 4.74 Å². The average molecular weight is 282 g/mol. The van der Waals surface area contributed by atoms with Crippen LogP contribution < -0.4 is 5.32 Å². The van der Waals surface area contributed by atoms with Gasteiger partial charge in [0.25, 0.3) is 0 Å². The van der Waals surface area contributed by atoms with Gasteiger partial charge in [-0.05, 0) is 52.2 Å². The zero-order valence-corrected chi connectivity index (χ0v) is 13.6. The van der Waals surface area contributed by atoms with Crippen molar-refractivity contribution in [3.8, 4) is 0 Å². The van der Waals surface area contributed by atoms with Crippen molar-refractivity contribution in [3.63, 3.8) is 0 Å². The first-order valence-electron chi connectivity index (χ1n) is 8.77. The van der Waals surface area contributed by atoms with Crippen LogP contribution in [0.3, 0.4) is 0 Å². The molecular weight excluding hydrogens is 248 g/mol. The van der Waals surface area contributed by atoms with Gasteiger partial charge >= 0.3 is 0 Å². The summed E-state index contributed by atoms with van der Waals surface area (Å²) in [6.45, 7) is 2.38. The molecule has 0 radical (unpaired) electrons. The van der Waals surface area contributed by atoms with Crippen LogP contribution >= 0.6 is 0 Å². The Balaban J connectivity index is 1.58. The average Bonchev–Trinajstić information content (AvgIpc) is 2.52. The number of hydrogen-bond donors (Lipinski definition) is 1. The van der Waals surface area contributed by atoms with Gasteiger partial charge in [-0.3, -0.25) is 0 Å². The summed E-state index contributed by atoms with van der Waals surface area (Å²) < 4.78 is 5.60. The zero-order valence-electron chi connectivity index (χ0n) is 13.6. The molecule has 0 heterocycles. The number of rotatable bonds is 7. The molecule has 2 unspecified atom stereocenters. The Bertz CT molecular complexity index is 253. The fraction of sp³-hybridized carbons (Fsp3) is 1.00. The van der Waals surface area contributed by atoms with Gasteiger partial charge in [0.1, 0.15) is 0 Å². The second-order valence-electron chi connectivity index (χ2n) is 6.75. The van der Waals surface area contributed by atoms with Crippen molar-refractivity contribution in [2.45, 2.75) is 82.4 Å². The summed E-state index contributed by atoms with van der Waals surface area (Å²) in [6.07, 6.45) is 14.1. The van der Waals surface area contributed by atoms with Gasteiger partial charge in [0.05, 0.1) is 6.10 Å². The van der Waals surface area contributed by atoms with E-state index in [0.29, 0.717) is 12.1 Å². The molecule has 3 heteroatoms. The highest BCUT2D eigenvalue weighted by atomic mass is 16.5. The molecule has 0 aromatic heterocycles. The SMILES string of the molecule is COC1CCCCC1NCCCN(C)C1CCCCC1. The molecule has 2 rings (SSSR count). The number of hydrogen-bond acceptors (Lipinski definition) is 3. The molecule has 118 valence electrons. The van der Waals surface area contributed by atoms with Crippen molar-refractivity contribution in [1.29, 1.82) is 0 Å². The van der Waals surface area contributed by atoms with Crippen LogP contribution in [0.15, 0.2) is 0 Å². The van der Waals surface area contributed by atoms with Crippen LogP contribution in [-0.2, 0) is 4.74 Å². The molecule has 0 aliphatic heterocycles. The molecule has 2 fully saturated rings. The lowest BCUT2D eigenvalue weighted by Crippen LogP contribution is -2.44. The van der Waals surface area contributed by atoms with Crippen LogP contribution in [0.5, 0.6) is 0 Å². The van der Waals surface area contributed by atoms with Gasteiger partial charge in [0.15, 0.2) is 0 Å². The molecule has 3 nitrogen and oxygen atoms in total. The van der Waals surface area contributed by atoms with E-state index in [9.17, 15) is 0 Å². The summed E-state index contributed by atoms with van der Waals surface area (Å²) in [5.74, 6) is 0. The molecule has 0 bridgehead atoms. The van der Waals surface area contributed by atoms with E-state index in [4.69, 9.17) is 4.74 Å². The predicted molar refractivity (Wildman–Crippen MR) is 85.2 cm³/mol. The van der Waals surface area contributed by atoms with E-state index in [2.05, 4.69) is 17.3 Å². The maximum atomic E-state index is 5.60. The Kier molecular flexibility index (Phi) is 7.32. The van der Waals surface area contributed by atoms with Gasteiger partial charge in [-0.25, -0.2) is 0 Å². The zero-order chi connectivity index (χ0) is 14.2. The minimum atomic E-state index is 0.444. The third-order valence-corrected chi connectivity index (χ3v) is 5.30. The van der Waals surface area contributed by atoms with Crippen LogP contribution in [0.1, 0.15) is 64.2 Å². The molecule has 20 heavy (non-hydrogen) atoms. The lowest BCUT2D eigenvalue weighted by atomic mass is 9.92. The highest BCUT2D eigenvalue weighted by Crippen LogP contribution is 2.22. The third-order valence-electron chi connectivity index (χ3n) is 5.30. The molecule has 2 aliphatic carbocycles. The second-order valence-corrected chi connectivity index (χ2v) is 6.75. The van der Waals surface area contributed by atoms with E-state index in [1.54, 1.807) is 0 Å². The minimum Gasteiger partial charge on any atom is -0.380 e. The van der Waals surface area contributed by atoms with Gasteiger partial charge in [-0.15, -0.1) is 0 Å². The molecule has 0 spiro atoms. The molecule has 0 amide bonds. The number of nitrogens with one attached hydrogen (secondary N) is 1. The molecule has 0 saturated heterocycles. The van der Waals surface area contributed by atoms with Gasteiger partial charge in [-0.1, -0.05) is 32.1 Å². The van der Waals surface area contributed by atoms with Crippen molar-refractivity contribution in [3.05, 3.63) is 0 Å². The molecule has 2 aliphatic rings. The Morgan fingerprint density at radius 1 is 1.00 bits per heavy atom. The summed E-state index contributed by atoms with van der Waals surface area (Å²) in [5, 5.41) is 3.73. The van der Waals surface area contributed by atoms with Gasteiger partial charge < -0.3 is 15.0 Å². The molecule has 2 atom stereocenters. The Labute approximate surface area is 125 Å². The maximum absolute atomic E-state index is 5.60. The molecular formula is C17H34N2O. The summed E-state index contributed by atoms with van der Waals surface area (Å²) in [5.41, 5.74) is 0. The van der Waals surface area contributed by atoms with Crippen LogP contribution in [0.25, 0.3) is 0 Å². The summed E-state index contributed by atoms with van der Waals surface area (Å²) in [6, 6.07) is 1.44. The standard InChI is InChI=1S/C17H34N2O/c1-19(15-9-4-3-5-10-15)14-8-13-18-16-11-6-7-12-17(16)20-2/h15-18H,3-14H2,1-2H3. The normalized spacial score (nSPS) is 28.9. The first kappa shape index (κ1) is 16.3. The maximum Gasteiger partial charge on any atom is 0.0724 e. The Hall–Kier alpha value is -0.120. The van der Waals surface area contributed by atoms with Gasteiger partial charge in [0, 0.05) is 19.2 Å². The van der Waals surface area contributed by atoms with Crippen LogP contribution in [-0.4, -0.2) is 50.3 Å². The van der Waals surface area contributed by atoms with E-state index < -0.39 is 0 Å². The monoisotopic (exact) mass is 282 g/mol. The molecule has 0 aromatic rings. The predicted octanol–water partition coefficient (Wildman–Crippen LogP) is 3.19. The quantitative estimate of drug-likeness (QED) is 0.726. The van der Waals surface area contributed by atoms with Crippen molar-refractivity contribution in [1.82, 2.24) is 10.2 Å². The van der Waals surface area contributed by atoms with Crippen LogP contribution in [0.2, 0.25) is 0 Å². The lowest BCUT2D eigenvalue weighted by molar-refractivity contribution is 0.0415. The summed E-state index contributed by atoms with van der Waals surface area (Å²) in [4.78, 5) is 2.59. The van der Waals surface area contributed by atoms with Crippen molar-refractivity contribution in [2.75, 3.05) is 27.2 Å². The highest BCUT2D eigenvalue weighted by Gasteiger charge is 2.24. The fourth-order valence-corrected chi connectivity index (χ4v) is 3.93. The first-order valence-corrected chi connectivity index (χ1v) is 8.77. The van der Waals surface area contributed by atoms with Crippen molar-refractivity contribution >= 4 is 0 Å². The number of nitrogens with zero attached hydrogens (tertiary/aromatic N) is 1. The molecule has 1 N–H and O–H groups in total. The summed E-state index contributed by atoms with van der Waals surface area (Å²) >= 11 is 0. The van der Waals surface area contributed by atoms with E-state index in [1.807, 2.05) is 7.11 Å². The van der Waals surface area contributed by atoms with Crippen LogP contribution in [0.4, 0.5) is 0 Å². The van der Waals surface area contributed by atoms with Gasteiger partial charge in [-0.2, -0.15) is 0 Å². The third kappa shape index (κ3) is 5.01. The number of methoxy groups -OCH3 is 1. The highest BCUT2D eigenvalue weighted by molar-refractivity contribution is 4.81. The number of ether oxygens (including phenoxy) is 1. The fourth-order valence-electron chi connectivity index (χ4n) is 3.93. The van der Waals surface area contributed by atoms with E-state index >= 15 is 0 Å². The lowest BCUT2D eigenvalue weighted by Gasteiger charge is -2.33. The van der Waals surface area contributed by atoms with Crippen LogP contribution in [0, 0.1) is 0 Å². The topological polar surface area (TPSA) is 24.5 Å². The second kappa shape index (κ2) is 9.01. The molecule has 2 saturated carbocycles. The smallest absolute Gasteiger partial charge is 0.0724 e. The first-order chi connectivity index (χ1) is 9.81. The minimum absolute atomic E-state index is 0.444. The van der Waals surface area contributed by atoms with E-state index in [-0.39, 0.29) is 0 Å². The Morgan fingerprint density at radius 2 is 1.70 bits per heavy atom. The van der Waals surface area contributed by atoms with E-state index in [0.717, 1.165) is 12.6 Å². The molecule has 0 aromatic carbocycles. The Morgan fingerprint density at radius 3 is 2.45 bits per heavy atom. The largest absolute Gasteiger partial charge is 0.380 e. The van der Waals surface area contributed by atoms with Gasteiger partial charge in [0.2, 0.25) is 0 Å². The van der Waals surface area contributed by atoms with E-state index in [1.165, 1.54) is 70.8 Å². The summed E-state index contributed by atoms with van der Waals surface area (Å²) in [7, 11) is 4.18. The van der Waals surface area contributed by atoms with Crippen molar-refractivity contribution in [2.24, 2.45) is 0 Å².